The fraction of sp³-hybridized carbons (Fsp3) is 0.185. The molecule has 0 saturated heterocycles. The summed E-state index contributed by atoms with van der Waals surface area (Å²) >= 11 is 0. The second-order valence-corrected chi connectivity index (χ2v) is 8.02. The lowest BCUT2D eigenvalue weighted by atomic mass is 9.86. The molecule has 0 aromatic heterocycles. The van der Waals surface area contributed by atoms with Crippen LogP contribution in [0.5, 0.6) is 11.5 Å². The zero-order valence-corrected chi connectivity index (χ0v) is 17.0. The van der Waals surface area contributed by atoms with Gasteiger partial charge in [0.2, 0.25) is 0 Å². The summed E-state index contributed by atoms with van der Waals surface area (Å²) in [5, 5.41) is 3.64. The van der Waals surface area contributed by atoms with Gasteiger partial charge < -0.3 is 9.47 Å². The molecule has 0 bridgehead atoms. The molecule has 0 radical (unpaired) electrons. The minimum atomic E-state index is -1.28. The van der Waals surface area contributed by atoms with Crippen molar-refractivity contribution in [2.24, 2.45) is 5.41 Å². The van der Waals surface area contributed by atoms with Gasteiger partial charge in [-0.15, -0.1) is 0 Å². The summed E-state index contributed by atoms with van der Waals surface area (Å²) in [5.74, 6) is -0.141. The molecule has 0 amide bonds. The van der Waals surface area contributed by atoms with Crippen LogP contribution in [0, 0.1) is 5.41 Å². The Balaban J connectivity index is 1.46. The molecule has 0 unspecified atom stereocenters. The highest BCUT2D eigenvalue weighted by Gasteiger charge is 2.51. The number of carbonyl (C=O) groups is 2. The van der Waals surface area contributed by atoms with Crippen LogP contribution in [0.2, 0.25) is 0 Å². The molecule has 1 fully saturated rings. The van der Waals surface area contributed by atoms with Gasteiger partial charge in [-0.3, -0.25) is 9.59 Å². The van der Waals surface area contributed by atoms with E-state index < -0.39 is 17.4 Å². The molecule has 0 spiro atoms. The molecule has 0 heterocycles. The number of ether oxygens (including phenoxy) is 2. The molecule has 4 heteroatoms. The van der Waals surface area contributed by atoms with Crippen molar-refractivity contribution in [3.63, 3.8) is 0 Å². The minimum absolute atomic E-state index is 0.431. The van der Waals surface area contributed by atoms with E-state index >= 15 is 0 Å². The summed E-state index contributed by atoms with van der Waals surface area (Å²) in [6, 6.07) is 26.6. The monoisotopic (exact) mass is 410 g/mol. The normalized spacial score (nSPS) is 15.1. The Bertz CT molecular complexity index is 1180. The maximum absolute atomic E-state index is 13.4. The second-order valence-electron chi connectivity index (χ2n) is 8.02. The van der Waals surface area contributed by atoms with Crippen molar-refractivity contribution in [1.29, 1.82) is 0 Å². The van der Waals surface area contributed by atoms with Crippen LogP contribution in [0.3, 0.4) is 0 Å². The first kappa shape index (κ1) is 19.3. The highest BCUT2D eigenvalue weighted by Crippen LogP contribution is 2.42. The van der Waals surface area contributed by atoms with Gasteiger partial charge in [-0.25, -0.2) is 0 Å². The van der Waals surface area contributed by atoms with E-state index in [0.29, 0.717) is 24.3 Å². The Kier molecular flexibility index (Phi) is 4.91. The molecule has 1 aliphatic carbocycles. The van der Waals surface area contributed by atoms with Gasteiger partial charge in [-0.2, -0.15) is 0 Å². The largest absolute Gasteiger partial charge is 0.425 e. The minimum Gasteiger partial charge on any atom is -0.425 e. The van der Waals surface area contributed by atoms with E-state index in [2.05, 4.69) is 0 Å². The first-order valence-corrected chi connectivity index (χ1v) is 10.6. The number of rotatable bonds is 4. The lowest BCUT2D eigenvalue weighted by Gasteiger charge is -2.25. The summed E-state index contributed by atoms with van der Waals surface area (Å²) in [6.07, 6.45) is 2.44. The predicted octanol–water partition coefficient (Wildman–Crippen LogP) is 6.06. The number of benzene rings is 4. The van der Waals surface area contributed by atoms with Crippen LogP contribution in [0.15, 0.2) is 84.9 Å². The molecule has 1 saturated carbocycles. The summed E-state index contributed by atoms with van der Waals surface area (Å²) in [6.45, 7) is 0. The molecule has 4 nitrogen and oxygen atoms in total. The van der Waals surface area contributed by atoms with Crippen molar-refractivity contribution >= 4 is 33.5 Å². The quantitative estimate of drug-likeness (QED) is 0.233. The van der Waals surface area contributed by atoms with Crippen LogP contribution < -0.4 is 9.47 Å². The van der Waals surface area contributed by atoms with Crippen molar-refractivity contribution in [3.05, 3.63) is 84.9 Å². The van der Waals surface area contributed by atoms with Crippen LogP contribution in [-0.2, 0) is 9.59 Å². The van der Waals surface area contributed by atoms with Crippen LogP contribution in [0.1, 0.15) is 25.7 Å². The lowest BCUT2D eigenvalue weighted by molar-refractivity contribution is -0.160. The molecule has 4 aromatic carbocycles. The number of hydrogen-bond acceptors (Lipinski definition) is 4. The smallest absolute Gasteiger partial charge is 0.328 e. The fourth-order valence-corrected chi connectivity index (χ4v) is 4.43. The van der Waals surface area contributed by atoms with E-state index in [4.69, 9.17) is 9.47 Å². The maximum Gasteiger partial charge on any atom is 0.328 e. The van der Waals surface area contributed by atoms with Gasteiger partial charge in [0.1, 0.15) is 11.5 Å². The summed E-state index contributed by atoms with van der Waals surface area (Å²) < 4.78 is 11.6. The van der Waals surface area contributed by atoms with Crippen molar-refractivity contribution < 1.29 is 19.1 Å². The van der Waals surface area contributed by atoms with Crippen molar-refractivity contribution in [3.8, 4) is 11.5 Å². The van der Waals surface area contributed by atoms with Crippen LogP contribution in [0.25, 0.3) is 21.5 Å². The Morgan fingerprint density at radius 3 is 1.48 bits per heavy atom. The molecular weight excluding hydrogens is 388 g/mol. The highest BCUT2D eigenvalue weighted by molar-refractivity contribution is 6.04. The van der Waals surface area contributed by atoms with Crippen LogP contribution in [-0.4, -0.2) is 11.9 Å². The fourth-order valence-electron chi connectivity index (χ4n) is 4.43. The standard InChI is InChI=1S/C27H22O4/c28-25(30-23-15-7-11-19-9-1-3-13-21(19)23)27(17-5-6-18-27)26(29)31-24-16-8-12-20-10-2-4-14-22(20)24/h1-4,7-16H,5-6,17-18H2. The summed E-state index contributed by atoms with van der Waals surface area (Å²) in [7, 11) is 0. The average Bonchev–Trinajstić information content (AvgIpc) is 3.31. The third-order valence-electron chi connectivity index (χ3n) is 6.14. The Morgan fingerprint density at radius 2 is 1.00 bits per heavy atom. The van der Waals surface area contributed by atoms with Crippen LogP contribution in [0.4, 0.5) is 0 Å². The zero-order valence-electron chi connectivity index (χ0n) is 17.0. The summed E-state index contributed by atoms with van der Waals surface area (Å²) in [5.41, 5.74) is -1.28. The van der Waals surface area contributed by atoms with E-state index in [0.717, 1.165) is 34.4 Å². The van der Waals surface area contributed by atoms with Crippen LogP contribution >= 0.6 is 0 Å². The van der Waals surface area contributed by atoms with Gasteiger partial charge >= 0.3 is 11.9 Å². The van der Waals surface area contributed by atoms with Crippen molar-refractivity contribution in [2.75, 3.05) is 0 Å². The predicted molar refractivity (Wildman–Crippen MR) is 120 cm³/mol. The maximum atomic E-state index is 13.4. The molecule has 154 valence electrons. The zero-order chi connectivity index (χ0) is 21.3. The average molecular weight is 410 g/mol. The third kappa shape index (κ3) is 3.44. The van der Waals surface area contributed by atoms with E-state index in [-0.39, 0.29) is 0 Å². The Hall–Kier alpha value is -3.66. The Morgan fingerprint density at radius 1 is 0.581 bits per heavy atom. The molecule has 31 heavy (non-hydrogen) atoms. The van der Waals surface area contributed by atoms with Gasteiger partial charge in [0.15, 0.2) is 5.41 Å². The van der Waals surface area contributed by atoms with E-state index in [1.807, 2.05) is 72.8 Å². The summed E-state index contributed by atoms with van der Waals surface area (Å²) in [4.78, 5) is 26.7. The van der Waals surface area contributed by atoms with E-state index in [1.165, 1.54) is 0 Å². The molecule has 0 aliphatic heterocycles. The third-order valence-corrected chi connectivity index (χ3v) is 6.14. The Labute approximate surface area is 180 Å². The molecule has 0 atom stereocenters. The van der Waals surface area contributed by atoms with Crippen molar-refractivity contribution in [2.45, 2.75) is 25.7 Å². The van der Waals surface area contributed by atoms with Gasteiger partial charge in [0.25, 0.3) is 0 Å². The molecule has 5 rings (SSSR count). The van der Waals surface area contributed by atoms with Gasteiger partial charge in [-0.1, -0.05) is 85.6 Å². The highest BCUT2D eigenvalue weighted by atomic mass is 16.6. The molecule has 0 N–H and O–H groups in total. The van der Waals surface area contributed by atoms with Gasteiger partial charge in [0.05, 0.1) is 0 Å². The topological polar surface area (TPSA) is 52.6 Å². The van der Waals surface area contributed by atoms with Crippen molar-refractivity contribution in [1.82, 2.24) is 0 Å². The SMILES string of the molecule is O=C(Oc1cccc2ccccc12)C1(C(=O)Oc2cccc3ccccc23)CCCC1. The first-order chi connectivity index (χ1) is 15.2. The number of hydrogen-bond donors (Lipinski definition) is 0. The number of carbonyl (C=O) groups excluding carboxylic acids is 2. The molecule has 1 aliphatic rings. The first-order valence-electron chi connectivity index (χ1n) is 10.6. The second kappa shape index (κ2) is 7.88. The van der Waals surface area contributed by atoms with E-state index in [9.17, 15) is 9.59 Å². The van der Waals surface area contributed by atoms with E-state index in [1.54, 1.807) is 12.1 Å². The van der Waals surface area contributed by atoms with Gasteiger partial charge in [0, 0.05) is 10.8 Å². The number of esters is 2. The lowest BCUT2D eigenvalue weighted by Crippen LogP contribution is -2.42. The van der Waals surface area contributed by atoms with Gasteiger partial charge in [-0.05, 0) is 35.7 Å². The number of fused-ring (bicyclic) bond motifs is 2. The molecular formula is C27H22O4. The molecule has 4 aromatic rings.